The van der Waals surface area contributed by atoms with Crippen LogP contribution in [0.5, 0.6) is 5.75 Å². The SMILES string of the molecule is CCN([CH]c1cc(C(C)(C)C)c(O)c(C(C)(C)C)c1)CC. The predicted molar refractivity (Wildman–Crippen MR) is 91.8 cm³/mol. The van der Waals surface area contributed by atoms with E-state index in [0.717, 1.165) is 24.2 Å². The van der Waals surface area contributed by atoms with Crippen LogP contribution in [-0.4, -0.2) is 23.1 Å². The molecule has 119 valence electrons. The van der Waals surface area contributed by atoms with Crippen LogP contribution in [0, 0.1) is 6.54 Å². The maximum Gasteiger partial charge on any atom is 0.123 e. The van der Waals surface area contributed by atoms with Crippen LogP contribution in [0.25, 0.3) is 0 Å². The highest BCUT2D eigenvalue weighted by atomic mass is 16.3. The molecule has 0 aromatic heterocycles. The van der Waals surface area contributed by atoms with Crippen molar-refractivity contribution in [2.45, 2.75) is 66.2 Å². The molecule has 0 aliphatic heterocycles. The minimum atomic E-state index is -0.0722. The second-order valence-corrected chi connectivity index (χ2v) is 7.81. The molecule has 0 saturated heterocycles. The van der Waals surface area contributed by atoms with Gasteiger partial charge in [0.2, 0.25) is 0 Å². The summed E-state index contributed by atoms with van der Waals surface area (Å²) >= 11 is 0. The molecule has 1 aromatic rings. The van der Waals surface area contributed by atoms with Crippen molar-refractivity contribution in [3.63, 3.8) is 0 Å². The van der Waals surface area contributed by atoms with Crippen molar-refractivity contribution in [1.82, 2.24) is 4.90 Å². The van der Waals surface area contributed by atoms with Crippen molar-refractivity contribution in [1.29, 1.82) is 0 Å². The molecule has 2 heteroatoms. The Kier molecular flexibility index (Phi) is 5.49. The van der Waals surface area contributed by atoms with Crippen LogP contribution < -0.4 is 0 Å². The van der Waals surface area contributed by atoms with Crippen LogP contribution in [0.1, 0.15) is 72.1 Å². The Morgan fingerprint density at radius 3 is 1.57 bits per heavy atom. The van der Waals surface area contributed by atoms with Gasteiger partial charge >= 0.3 is 0 Å². The summed E-state index contributed by atoms with van der Waals surface area (Å²) in [5, 5.41) is 10.7. The van der Waals surface area contributed by atoms with Crippen LogP contribution in [0.2, 0.25) is 0 Å². The molecule has 2 nitrogen and oxygen atoms in total. The number of aromatic hydroxyl groups is 1. The minimum Gasteiger partial charge on any atom is -0.507 e. The molecule has 0 aliphatic carbocycles. The van der Waals surface area contributed by atoms with Gasteiger partial charge in [-0.1, -0.05) is 55.4 Å². The molecule has 0 fully saturated rings. The van der Waals surface area contributed by atoms with Crippen LogP contribution in [0.3, 0.4) is 0 Å². The molecule has 0 spiro atoms. The van der Waals surface area contributed by atoms with E-state index in [-0.39, 0.29) is 10.8 Å². The summed E-state index contributed by atoms with van der Waals surface area (Å²) in [5.74, 6) is 0.451. The monoisotopic (exact) mass is 290 g/mol. The van der Waals surface area contributed by atoms with E-state index in [2.05, 4.69) is 79.0 Å². The Morgan fingerprint density at radius 2 is 1.29 bits per heavy atom. The Hall–Kier alpha value is -1.02. The topological polar surface area (TPSA) is 23.5 Å². The zero-order valence-electron chi connectivity index (χ0n) is 15.0. The van der Waals surface area contributed by atoms with E-state index in [4.69, 9.17) is 0 Å². The lowest BCUT2D eigenvalue weighted by Crippen LogP contribution is -2.22. The lowest BCUT2D eigenvalue weighted by Gasteiger charge is -2.29. The maximum atomic E-state index is 10.7. The quantitative estimate of drug-likeness (QED) is 0.857. The number of benzene rings is 1. The van der Waals surface area contributed by atoms with Gasteiger partial charge in [-0.25, -0.2) is 0 Å². The number of phenolic OH excluding ortho intramolecular Hbond substituents is 1. The standard InChI is InChI=1S/C19H32NO/c1-9-20(10-2)13-14-11-15(18(3,4)5)17(21)16(12-14)19(6,7)8/h11-13,21H,9-10H2,1-8H3. The summed E-state index contributed by atoms with van der Waals surface area (Å²) in [6, 6.07) is 4.26. The van der Waals surface area contributed by atoms with E-state index < -0.39 is 0 Å². The predicted octanol–water partition coefficient (Wildman–Crippen LogP) is 4.84. The highest BCUT2D eigenvalue weighted by Crippen LogP contribution is 2.40. The Bertz CT molecular complexity index is 438. The van der Waals surface area contributed by atoms with Crippen molar-refractivity contribution in [2.24, 2.45) is 0 Å². The first-order valence-electron chi connectivity index (χ1n) is 7.97. The Labute approximate surface area is 131 Å². The van der Waals surface area contributed by atoms with E-state index in [1.54, 1.807) is 0 Å². The molecule has 0 bridgehead atoms. The van der Waals surface area contributed by atoms with Crippen molar-refractivity contribution in [2.75, 3.05) is 13.1 Å². The van der Waals surface area contributed by atoms with E-state index >= 15 is 0 Å². The molecule has 0 aliphatic rings. The van der Waals surface area contributed by atoms with Gasteiger partial charge in [-0.15, -0.1) is 0 Å². The molecule has 1 N–H and O–H groups in total. The summed E-state index contributed by atoms with van der Waals surface area (Å²) in [6.07, 6.45) is 0. The third-order valence-electron chi connectivity index (χ3n) is 3.89. The summed E-state index contributed by atoms with van der Waals surface area (Å²) in [5.41, 5.74) is 3.07. The zero-order valence-corrected chi connectivity index (χ0v) is 15.0. The van der Waals surface area contributed by atoms with E-state index in [1.165, 1.54) is 5.56 Å². The first-order valence-corrected chi connectivity index (χ1v) is 7.97. The number of rotatable bonds is 4. The van der Waals surface area contributed by atoms with Crippen LogP contribution >= 0.6 is 0 Å². The summed E-state index contributed by atoms with van der Waals surface area (Å²) < 4.78 is 0. The molecule has 1 rings (SSSR count). The first kappa shape index (κ1) is 18.0. The second kappa shape index (κ2) is 6.39. The third kappa shape index (κ3) is 4.47. The summed E-state index contributed by atoms with van der Waals surface area (Å²) in [4.78, 5) is 2.28. The molecular formula is C19H32NO. The second-order valence-electron chi connectivity index (χ2n) is 7.81. The zero-order chi connectivity index (χ0) is 16.4. The molecule has 21 heavy (non-hydrogen) atoms. The molecule has 0 heterocycles. The van der Waals surface area contributed by atoms with Gasteiger partial charge in [-0.05, 0) is 52.7 Å². The largest absolute Gasteiger partial charge is 0.507 e. The molecule has 0 amide bonds. The van der Waals surface area contributed by atoms with E-state index in [9.17, 15) is 5.11 Å². The van der Waals surface area contributed by atoms with Crippen LogP contribution in [0.4, 0.5) is 0 Å². The number of hydrogen-bond acceptors (Lipinski definition) is 2. The molecule has 0 atom stereocenters. The summed E-state index contributed by atoms with van der Waals surface area (Å²) in [7, 11) is 0. The Balaban J connectivity index is 3.40. The fraction of sp³-hybridized carbons (Fsp3) is 0.632. The molecule has 0 unspecified atom stereocenters. The van der Waals surface area contributed by atoms with Crippen molar-refractivity contribution in [3.05, 3.63) is 35.4 Å². The van der Waals surface area contributed by atoms with Crippen molar-refractivity contribution < 1.29 is 5.11 Å². The third-order valence-corrected chi connectivity index (χ3v) is 3.89. The number of hydrogen-bond donors (Lipinski definition) is 1. The van der Waals surface area contributed by atoms with E-state index in [1.807, 2.05) is 0 Å². The first-order chi connectivity index (χ1) is 9.50. The molecular weight excluding hydrogens is 258 g/mol. The maximum absolute atomic E-state index is 10.7. The normalized spacial score (nSPS) is 13.0. The number of phenols is 1. The molecule has 0 saturated carbocycles. The van der Waals surface area contributed by atoms with Crippen molar-refractivity contribution >= 4 is 0 Å². The average Bonchev–Trinajstić information content (AvgIpc) is 2.34. The lowest BCUT2D eigenvalue weighted by molar-refractivity contribution is 0.382. The van der Waals surface area contributed by atoms with Gasteiger partial charge < -0.3 is 5.11 Å². The van der Waals surface area contributed by atoms with Gasteiger partial charge in [0.1, 0.15) is 5.75 Å². The minimum absolute atomic E-state index is 0.0722. The van der Waals surface area contributed by atoms with Gasteiger partial charge in [0.05, 0.1) is 6.54 Å². The summed E-state index contributed by atoms with van der Waals surface area (Å²) in [6.45, 7) is 21.4. The molecule has 1 aromatic carbocycles. The fourth-order valence-electron chi connectivity index (χ4n) is 2.49. The van der Waals surface area contributed by atoms with Gasteiger partial charge in [0.25, 0.3) is 0 Å². The van der Waals surface area contributed by atoms with Gasteiger partial charge in [0.15, 0.2) is 0 Å². The Morgan fingerprint density at radius 1 is 0.905 bits per heavy atom. The van der Waals surface area contributed by atoms with Crippen LogP contribution in [0.15, 0.2) is 12.1 Å². The highest BCUT2D eigenvalue weighted by molar-refractivity contribution is 5.51. The smallest absolute Gasteiger partial charge is 0.123 e. The van der Waals surface area contributed by atoms with Gasteiger partial charge in [-0.2, -0.15) is 0 Å². The fourth-order valence-corrected chi connectivity index (χ4v) is 2.49. The number of nitrogens with zero attached hydrogens (tertiary/aromatic N) is 1. The van der Waals surface area contributed by atoms with Crippen LogP contribution in [-0.2, 0) is 10.8 Å². The molecule has 1 radical (unpaired) electrons. The van der Waals surface area contributed by atoms with Crippen molar-refractivity contribution in [3.8, 4) is 5.75 Å². The lowest BCUT2D eigenvalue weighted by atomic mass is 9.78. The highest BCUT2D eigenvalue weighted by Gasteiger charge is 2.26. The van der Waals surface area contributed by atoms with E-state index in [0.29, 0.717) is 5.75 Å². The van der Waals surface area contributed by atoms with Gasteiger partial charge in [0, 0.05) is 0 Å². The average molecular weight is 290 g/mol. The van der Waals surface area contributed by atoms with Gasteiger partial charge in [-0.3, -0.25) is 4.90 Å².